The minimum Gasteiger partial charge on any atom is -0.496 e. The second-order valence-corrected chi connectivity index (χ2v) is 3.99. The van der Waals surface area contributed by atoms with Crippen molar-refractivity contribution < 1.29 is 4.74 Å². The van der Waals surface area contributed by atoms with Gasteiger partial charge in [0.15, 0.2) is 0 Å². The molecule has 4 nitrogen and oxygen atoms in total. The van der Waals surface area contributed by atoms with Gasteiger partial charge in [-0.3, -0.25) is 0 Å². The number of ether oxygens (including phenoxy) is 1. The maximum Gasteiger partial charge on any atom is 0.128 e. The van der Waals surface area contributed by atoms with Crippen molar-refractivity contribution in [3.8, 4) is 17.0 Å². The van der Waals surface area contributed by atoms with Crippen LogP contribution < -0.4 is 10.5 Å². The number of nitrogens with zero attached hydrogens (tertiary/aromatic N) is 1. The molecule has 0 spiro atoms. The Morgan fingerprint density at radius 1 is 1.41 bits per heavy atom. The van der Waals surface area contributed by atoms with Crippen LogP contribution in [-0.4, -0.2) is 23.6 Å². The fourth-order valence-corrected chi connectivity index (χ4v) is 1.80. The van der Waals surface area contributed by atoms with E-state index in [2.05, 4.69) is 23.0 Å². The smallest absolute Gasteiger partial charge is 0.128 e. The molecule has 2 rings (SSSR count). The molecule has 0 atom stereocenters. The molecule has 0 unspecified atom stereocenters. The lowest BCUT2D eigenvalue weighted by molar-refractivity contribution is 0.416. The molecule has 0 aliphatic carbocycles. The van der Waals surface area contributed by atoms with Gasteiger partial charge in [-0.1, -0.05) is 11.6 Å². The zero-order valence-electron chi connectivity index (χ0n) is 10.2. The molecule has 0 saturated heterocycles. The largest absolute Gasteiger partial charge is 0.496 e. The molecular weight excluding hydrogens is 214 g/mol. The third-order valence-corrected chi connectivity index (χ3v) is 2.65. The normalized spacial score (nSPS) is 10.5. The van der Waals surface area contributed by atoms with Crippen molar-refractivity contribution in [1.82, 2.24) is 9.97 Å². The minimum absolute atomic E-state index is 0.595. The summed E-state index contributed by atoms with van der Waals surface area (Å²) in [7, 11) is 1.67. The number of nitrogens with two attached hydrogens (primary N) is 1. The summed E-state index contributed by atoms with van der Waals surface area (Å²) in [5.41, 5.74) is 8.69. The van der Waals surface area contributed by atoms with Crippen molar-refractivity contribution in [2.24, 2.45) is 5.73 Å². The highest BCUT2D eigenvalue weighted by Crippen LogP contribution is 2.29. The van der Waals surface area contributed by atoms with E-state index in [9.17, 15) is 0 Å². The van der Waals surface area contributed by atoms with Crippen molar-refractivity contribution in [1.29, 1.82) is 0 Å². The zero-order chi connectivity index (χ0) is 12.3. The fourth-order valence-electron chi connectivity index (χ4n) is 1.80. The van der Waals surface area contributed by atoms with Crippen molar-refractivity contribution in [3.63, 3.8) is 0 Å². The lowest BCUT2D eigenvalue weighted by Gasteiger charge is -2.07. The van der Waals surface area contributed by atoms with E-state index in [0.717, 1.165) is 29.3 Å². The van der Waals surface area contributed by atoms with E-state index >= 15 is 0 Å². The van der Waals surface area contributed by atoms with Crippen LogP contribution in [0.3, 0.4) is 0 Å². The Hall–Kier alpha value is -1.81. The van der Waals surface area contributed by atoms with Gasteiger partial charge in [-0.15, -0.1) is 0 Å². The van der Waals surface area contributed by atoms with Crippen molar-refractivity contribution in [2.45, 2.75) is 13.3 Å². The van der Waals surface area contributed by atoms with Crippen LogP contribution in [0.5, 0.6) is 5.75 Å². The third kappa shape index (κ3) is 2.47. The Labute approximate surface area is 101 Å². The summed E-state index contributed by atoms with van der Waals surface area (Å²) in [5, 5.41) is 0. The second kappa shape index (κ2) is 5.01. The first-order valence-electron chi connectivity index (χ1n) is 5.63. The maximum atomic E-state index is 5.50. The van der Waals surface area contributed by atoms with Gasteiger partial charge in [-0.25, -0.2) is 4.98 Å². The molecule has 17 heavy (non-hydrogen) atoms. The molecule has 0 aliphatic heterocycles. The molecule has 1 aromatic heterocycles. The number of aryl methyl sites for hydroxylation is 1. The SMILES string of the molecule is COc1ccc(C)cc1-c1cnc(CCN)[nH]1. The summed E-state index contributed by atoms with van der Waals surface area (Å²) in [6, 6.07) is 6.08. The monoisotopic (exact) mass is 231 g/mol. The first-order chi connectivity index (χ1) is 8.24. The van der Waals surface area contributed by atoms with E-state index in [4.69, 9.17) is 10.5 Å². The van der Waals surface area contributed by atoms with Gasteiger partial charge in [0, 0.05) is 12.0 Å². The van der Waals surface area contributed by atoms with E-state index < -0.39 is 0 Å². The molecule has 0 saturated carbocycles. The van der Waals surface area contributed by atoms with Gasteiger partial charge in [0.25, 0.3) is 0 Å². The van der Waals surface area contributed by atoms with Gasteiger partial charge in [-0.2, -0.15) is 0 Å². The number of aromatic amines is 1. The van der Waals surface area contributed by atoms with Crippen LogP contribution in [-0.2, 0) is 6.42 Å². The van der Waals surface area contributed by atoms with Crippen LogP contribution in [0.1, 0.15) is 11.4 Å². The highest BCUT2D eigenvalue weighted by atomic mass is 16.5. The highest BCUT2D eigenvalue weighted by molar-refractivity contribution is 5.67. The molecule has 2 aromatic rings. The Kier molecular flexibility index (Phi) is 3.44. The van der Waals surface area contributed by atoms with Crippen LogP contribution in [0.4, 0.5) is 0 Å². The Morgan fingerprint density at radius 3 is 2.94 bits per heavy atom. The maximum absolute atomic E-state index is 5.50. The van der Waals surface area contributed by atoms with Crippen molar-refractivity contribution >= 4 is 0 Å². The van der Waals surface area contributed by atoms with Crippen LogP contribution in [0.25, 0.3) is 11.3 Å². The van der Waals surface area contributed by atoms with Crippen LogP contribution >= 0.6 is 0 Å². The van der Waals surface area contributed by atoms with Gasteiger partial charge in [0.2, 0.25) is 0 Å². The molecule has 90 valence electrons. The summed E-state index contributed by atoms with van der Waals surface area (Å²) < 4.78 is 5.35. The summed E-state index contributed by atoms with van der Waals surface area (Å²) >= 11 is 0. The van der Waals surface area contributed by atoms with Crippen LogP contribution in [0.2, 0.25) is 0 Å². The number of rotatable bonds is 4. The summed E-state index contributed by atoms with van der Waals surface area (Å²) in [6.07, 6.45) is 2.58. The predicted molar refractivity (Wildman–Crippen MR) is 68.1 cm³/mol. The number of nitrogens with one attached hydrogen (secondary N) is 1. The van der Waals surface area contributed by atoms with Gasteiger partial charge < -0.3 is 15.5 Å². The molecule has 1 aromatic carbocycles. The molecule has 0 aliphatic rings. The van der Waals surface area contributed by atoms with Gasteiger partial charge in [0.1, 0.15) is 11.6 Å². The van der Waals surface area contributed by atoms with E-state index in [1.54, 1.807) is 7.11 Å². The van der Waals surface area contributed by atoms with Crippen molar-refractivity contribution in [3.05, 3.63) is 35.8 Å². The van der Waals surface area contributed by atoms with Crippen molar-refractivity contribution in [2.75, 3.05) is 13.7 Å². The fraction of sp³-hybridized carbons (Fsp3) is 0.308. The minimum atomic E-state index is 0.595. The molecule has 0 radical (unpaired) electrons. The first kappa shape index (κ1) is 11.7. The van der Waals surface area contributed by atoms with Gasteiger partial charge in [-0.05, 0) is 25.6 Å². The lowest BCUT2D eigenvalue weighted by Crippen LogP contribution is -2.03. The standard InChI is InChI=1S/C13H17N3O/c1-9-3-4-12(17-2)10(7-9)11-8-15-13(16-11)5-6-14/h3-4,7-8H,5-6,14H2,1-2H3,(H,15,16). The topological polar surface area (TPSA) is 63.9 Å². The number of methoxy groups -OCH3 is 1. The molecule has 4 heteroatoms. The number of imidazole rings is 1. The molecule has 0 fully saturated rings. The van der Waals surface area contributed by atoms with Crippen LogP contribution in [0, 0.1) is 6.92 Å². The molecule has 1 heterocycles. The Bertz CT molecular complexity index is 505. The average Bonchev–Trinajstić information content (AvgIpc) is 2.78. The Balaban J connectivity index is 2.40. The molecule has 0 amide bonds. The zero-order valence-corrected chi connectivity index (χ0v) is 10.2. The molecule has 0 bridgehead atoms. The van der Waals surface area contributed by atoms with E-state index in [1.165, 1.54) is 5.56 Å². The Morgan fingerprint density at radius 2 is 2.24 bits per heavy atom. The number of hydrogen-bond donors (Lipinski definition) is 2. The third-order valence-electron chi connectivity index (χ3n) is 2.65. The van der Waals surface area contributed by atoms with Gasteiger partial charge in [0.05, 0.1) is 19.0 Å². The average molecular weight is 231 g/mol. The molecular formula is C13H17N3O. The molecule has 3 N–H and O–H groups in total. The predicted octanol–water partition coefficient (Wildman–Crippen LogP) is 1.89. The van der Waals surface area contributed by atoms with E-state index in [0.29, 0.717) is 6.54 Å². The van der Waals surface area contributed by atoms with Crippen LogP contribution in [0.15, 0.2) is 24.4 Å². The number of hydrogen-bond acceptors (Lipinski definition) is 3. The summed E-state index contributed by atoms with van der Waals surface area (Å²) in [4.78, 5) is 7.56. The highest BCUT2D eigenvalue weighted by Gasteiger charge is 2.08. The number of benzene rings is 1. The van der Waals surface area contributed by atoms with Gasteiger partial charge >= 0.3 is 0 Å². The number of aromatic nitrogens is 2. The van der Waals surface area contributed by atoms with E-state index in [-0.39, 0.29) is 0 Å². The summed E-state index contributed by atoms with van der Waals surface area (Å²) in [5.74, 6) is 1.75. The first-order valence-corrected chi connectivity index (χ1v) is 5.63. The summed E-state index contributed by atoms with van der Waals surface area (Å²) in [6.45, 7) is 2.65. The lowest BCUT2D eigenvalue weighted by atomic mass is 10.1. The number of H-pyrrole nitrogens is 1. The quantitative estimate of drug-likeness (QED) is 0.844. The van der Waals surface area contributed by atoms with E-state index in [1.807, 2.05) is 18.3 Å². The second-order valence-electron chi connectivity index (χ2n) is 3.99.